The lowest BCUT2D eigenvalue weighted by Gasteiger charge is -2.31. The number of methoxy groups -OCH3 is 1. The van der Waals surface area contributed by atoms with E-state index in [-0.39, 0.29) is 5.79 Å². The Hall–Kier alpha value is -1.84. The van der Waals surface area contributed by atoms with Gasteiger partial charge in [-0.05, 0) is 29.0 Å². The van der Waals surface area contributed by atoms with Crippen LogP contribution in [0.2, 0.25) is 0 Å². The van der Waals surface area contributed by atoms with Crippen LogP contribution in [-0.2, 0) is 9.47 Å². The maximum Gasteiger partial charge on any atom is 0.172 e. The molecule has 1 aliphatic heterocycles. The molecule has 1 heterocycles. The molecule has 0 saturated carbocycles. The molecule has 114 valence electrons. The molecule has 1 aliphatic carbocycles. The van der Waals surface area contributed by atoms with Crippen molar-refractivity contribution in [1.29, 1.82) is 0 Å². The highest BCUT2D eigenvalue weighted by molar-refractivity contribution is 5.97. The van der Waals surface area contributed by atoms with Crippen LogP contribution < -0.4 is 4.74 Å². The van der Waals surface area contributed by atoms with E-state index < -0.39 is 0 Å². The van der Waals surface area contributed by atoms with E-state index >= 15 is 0 Å². The van der Waals surface area contributed by atoms with E-state index in [0.717, 1.165) is 30.4 Å². The van der Waals surface area contributed by atoms with E-state index in [1.54, 1.807) is 7.11 Å². The summed E-state index contributed by atoms with van der Waals surface area (Å²) in [5.74, 6) is 0.570. The van der Waals surface area contributed by atoms with Crippen molar-refractivity contribution in [3.05, 3.63) is 48.0 Å². The summed E-state index contributed by atoms with van der Waals surface area (Å²) in [6, 6.07) is 12.7. The van der Waals surface area contributed by atoms with Gasteiger partial charge in [0.2, 0.25) is 0 Å². The summed E-state index contributed by atoms with van der Waals surface area (Å²) in [5, 5.41) is 2.41. The zero-order valence-electron chi connectivity index (χ0n) is 12.8. The third-order valence-corrected chi connectivity index (χ3v) is 4.70. The second-order valence-electron chi connectivity index (χ2n) is 5.90. The molecule has 2 aromatic rings. The quantitative estimate of drug-likeness (QED) is 0.833. The molecule has 0 atom stereocenters. The van der Waals surface area contributed by atoms with Crippen molar-refractivity contribution in [3.63, 3.8) is 0 Å². The Balaban J connectivity index is 1.74. The smallest absolute Gasteiger partial charge is 0.172 e. The fourth-order valence-electron chi connectivity index (χ4n) is 3.54. The number of rotatable bonds is 2. The number of ether oxygens (including phenoxy) is 3. The zero-order valence-corrected chi connectivity index (χ0v) is 12.8. The molecule has 3 heteroatoms. The average Bonchev–Trinajstić information content (AvgIpc) is 3.03. The lowest BCUT2D eigenvalue weighted by atomic mass is 9.87. The standard InChI is InChI=1S/C19H20O3/c1-20-18-7-6-15(16-4-2-3-5-17(16)18)14-8-10-19(11-9-14)21-12-13-22-19/h2-8H,9-13H2,1H3. The summed E-state index contributed by atoms with van der Waals surface area (Å²) in [7, 11) is 1.72. The van der Waals surface area contributed by atoms with Crippen LogP contribution in [0.1, 0.15) is 24.8 Å². The van der Waals surface area contributed by atoms with Gasteiger partial charge in [-0.15, -0.1) is 0 Å². The minimum Gasteiger partial charge on any atom is -0.496 e. The largest absolute Gasteiger partial charge is 0.496 e. The van der Waals surface area contributed by atoms with Crippen LogP contribution in [0.4, 0.5) is 0 Å². The Morgan fingerprint density at radius 3 is 2.45 bits per heavy atom. The molecule has 2 aromatic carbocycles. The van der Waals surface area contributed by atoms with E-state index in [1.165, 1.54) is 16.5 Å². The molecular weight excluding hydrogens is 276 g/mol. The summed E-state index contributed by atoms with van der Waals surface area (Å²) in [5.41, 5.74) is 2.67. The Bertz CT molecular complexity index is 727. The predicted octanol–water partition coefficient (Wildman–Crippen LogP) is 4.16. The van der Waals surface area contributed by atoms with E-state index in [4.69, 9.17) is 14.2 Å². The first-order chi connectivity index (χ1) is 10.8. The SMILES string of the molecule is COc1ccc(C2=CCC3(CC2)OCCO3)c2ccccc12. The number of fused-ring (bicyclic) bond motifs is 1. The van der Waals surface area contributed by atoms with E-state index in [2.05, 4.69) is 42.5 Å². The summed E-state index contributed by atoms with van der Waals surface area (Å²) in [6.07, 6.45) is 5.03. The highest BCUT2D eigenvalue weighted by Gasteiger charge is 2.37. The third kappa shape index (κ3) is 2.21. The summed E-state index contributed by atoms with van der Waals surface area (Å²) in [6.45, 7) is 1.43. The van der Waals surface area contributed by atoms with Crippen LogP contribution >= 0.6 is 0 Å². The van der Waals surface area contributed by atoms with E-state index in [1.807, 2.05) is 0 Å². The second-order valence-corrected chi connectivity index (χ2v) is 5.90. The molecule has 3 nitrogen and oxygen atoms in total. The van der Waals surface area contributed by atoms with Gasteiger partial charge in [-0.3, -0.25) is 0 Å². The van der Waals surface area contributed by atoms with Gasteiger partial charge in [0.05, 0.1) is 20.3 Å². The predicted molar refractivity (Wildman–Crippen MR) is 87.0 cm³/mol. The van der Waals surface area contributed by atoms with Crippen LogP contribution in [0.5, 0.6) is 5.75 Å². The van der Waals surface area contributed by atoms with Crippen LogP contribution in [0.25, 0.3) is 16.3 Å². The normalized spacial score (nSPS) is 20.3. The summed E-state index contributed by atoms with van der Waals surface area (Å²) < 4.78 is 17.1. The number of benzene rings is 2. The summed E-state index contributed by atoms with van der Waals surface area (Å²) in [4.78, 5) is 0. The molecule has 22 heavy (non-hydrogen) atoms. The molecule has 1 saturated heterocycles. The Morgan fingerprint density at radius 2 is 1.77 bits per heavy atom. The molecule has 0 radical (unpaired) electrons. The van der Waals surface area contributed by atoms with Gasteiger partial charge in [-0.25, -0.2) is 0 Å². The topological polar surface area (TPSA) is 27.7 Å². The van der Waals surface area contributed by atoms with Crippen LogP contribution in [-0.4, -0.2) is 26.1 Å². The monoisotopic (exact) mass is 296 g/mol. The number of hydrogen-bond acceptors (Lipinski definition) is 3. The van der Waals surface area contributed by atoms with Crippen LogP contribution in [0, 0.1) is 0 Å². The van der Waals surface area contributed by atoms with Crippen LogP contribution in [0.15, 0.2) is 42.5 Å². The highest BCUT2D eigenvalue weighted by Crippen LogP contribution is 2.41. The van der Waals surface area contributed by atoms with Crippen molar-refractivity contribution in [1.82, 2.24) is 0 Å². The Morgan fingerprint density at radius 1 is 1.00 bits per heavy atom. The molecule has 0 aromatic heterocycles. The second kappa shape index (κ2) is 5.41. The summed E-state index contributed by atoms with van der Waals surface area (Å²) >= 11 is 0. The third-order valence-electron chi connectivity index (χ3n) is 4.70. The van der Waals surface area contributed by atoms with Crippen molar-refractivity contribution >= 4 is 16.3 Å². The Kier molecular flexibility index (Phi) is 3.40. The van der Waals surface area contributed by atoms with Crippen molar-refractivity contribution in [2.75, 3.05) is 20.3 Å². The lowest BCUT2D eigenvalue weighted by Crippen LogP contribution is -2.31. The van der Waals surface area contributed by atoms with Crippen molar-refractivity contribution in [2.45, 2.75) is 25.0 Å². The van der Waals surface area contributed by atoms with Crippen molar-refractivity contribution < 1.29 is 14.2 Å². The van der Waals surface area contributed by atoms with Crippen molar-refractivity contribution in [2.24, 2.45) is 0 Å². The first-order valence-corrected chi connectivity index (χ1v) is 7.84. The zero-order chi connectivity index (χ0) is 15.0. The lowest BCUT2D eigenvalue weighted by molar-refractivity contribution is -0.159. The Labute approximate surface area is 130 Å². The fourth-order valence-corrected chi connectivity index (χ4v) is 3.54. The average molecular weight is 296 g/mol. The molecular formula is C19H20O3. The minimum absolute atomic E-state index is 0.355. The number of allylic oxidation sites excluding steroid dienone is 1. The van der Waals surface area contributed by atoms with Gasteiger partial charge < -0.3 is 14.2 Å². The van der Waals surface area contributed by atoms with Gasteiger partial charge >= 0.3 is 0 Å². The molecule has 1 spiro atoms. The molecule has 0 amide bonds. The fraction of sp³-hybridized carbons (Fsp3) is 0.368. The molecule has 1 fully saturated rings. The van der Waals surface area contributed by atoms with Gasteiger partial charge in [-0.2, -0.15) is 0 Å². The minimum atomic E-state index is -0.355. The molecule has 0 bridgehead atoms. The molecule has 2 aliphatic rings. The molecule has 4 rings (SSSR count). The van der Waals surface area contributed by atoms with Gasteiger partial charge in [0.1, 0.15) is 5.75 Å². The van der Waals surface area contributed by atoms with E-state index in [9.17, 15) is 0 Å². The maximum atomic E-state index is 5.80. The highest BCUT2D eigenvalue weighted by atomic mass is 16.7. The molecule has 0 unspecified atom stereocenters. The first kappa shape index (κ1) is 13.8. The number of hydrogen-bond donors (Lipinski definition) is 0. The van der Waals surface area contributed by atoms with Gasteiger partial charge in [0.15, 0.2) is 5.79 Å². The molecule has 0 N–H and O–H groups in total. The van der Waals surface area contributed by atoms with Gasteiger partial charge in [-0.1, -0.05) is 36.4 Å². The van der Waals surface area contributed by atoms with Crippen LogP contribution in [0.3, 0.4) is 0 Å². The van der Waals surface area contributed by atoms with Gasteiger partial charge in [0, 0.05) is 18.2 Å². The first-order valence-electron chi connectivity index (χ1n) is 7.84. The van der Waals surface area contributed by atoms with E-state index in [0.29, 0.717) is 13.2 Å². The van der Waals surface area contributed by atoms with Gasteiger partial charge in [0.25, 0.3) is 0 Å². The maximum absolute atomic E-state index is 5.80. The van der Waals surface area contributed by atoms with Crippen molar-refractivity contribution in [3.8, 4) is 5.75 Å².